The lowest BCUT2D eigenvalue weighted by Gasteiger charge is -2.22. The lowest BCUT2D eigenvalue weighted by Crippen LogP contribution is -2.46. The molecule has 162 valence electrons. The molecule has 4 rings (SSSR count). The van der Waals surface area contributed by atoms with Crippen molar-refractivity contribution in [3.05, 3.63) is 53.6 Å². The van der Waals surface area contributed by atoms with Crippen LogP contribution in [0.15, 0.2) is 42.5 Å². The van der Waals surface area contributed by atoms with Crippen molar-refractivity contribution in [2.45, 2.75) is 25.4 Å². The normalized spacial score (nSPS) is 19.4. The zero-order valence-electron chi connectivity index (χ0n) is 17.3. The Morgan fingerprint density at radius 1 is 1.19 bits per heavy atom. The van der Waals surface area contributed by atoms with E-state index in [1.54, 1.807) is 32.2 Å². The van der Waals surface area contributed by atoms with E-state index < -0.39 is 23.4 Å². The zero-order valence-corrected chi connectivity index (χ0v) is 17.3. The molecule has 0 radical (unpaired) electrons. The molecule has 0 aliphatic carbocycles. The molecule has 2 aliphatic rings. The van der Waals surface area contributed by atoms with Crippen LogP contribution >= 0.6 is 0 Å². The van der Waals surface area contributed by atoms with Gasteiger partial charge in [-0.1, -0.05) is 24.3 Å². The summed E-state index contributed by atoms with van der Waals surface area (Å²) in [4.78, 5) is 38.7. The molecule has 0 saturated carbocycles. The Kier molecular flexibility index (Phi) is 5.41. The number of hydrogen-bond donors (Lipinski definition) is 2. The summed E-state index contributed by atoms with van der Waals surface area (Å²) in [5.74, 6) is 1.01. The van der Waals surface area contributed by atoms with Crippen LogP contribution in [0.2, 0.25) is 0 Å². The summed E-state index contributed by atoms with van der Waals surface area (Å²) < 4.78 is 15.9. The number of carbonyl (C=O) groups excluding carboxylic acids is 3. The second-order valence-corrected chi connectivity index (χ2v) is 7.61. The molecule has 2 aromatic rings. The Balaban J connectivity index is 1.37. The molecular weight excluding hydrogens is 402 g/mol. The van der Waals surface area contributed by atoms with Gasteiger partial charge < -0.3 is 24.8 Å². The third kappa shape index (κ3) is 4.11. The SMILES string of the molecule is COc1ccccc1C[C@]1(C)NC(=O)N(CC(=O)NCc2ccc3c(c2)OCO3)C1=O. The molecule has 1 saturated heterocycles. The molecule has 9 heteroatoms. The summed E-state index contributed by atoms with van der Waals surface area (Å²) >= 11 is 0. The Bertz CT molecular complexity index is 1040. The number of nitrogens with one attached hydrogen (secondary N) is 2. The summed E-state index contributed by atoms with van der Waals surface area (Å²) in [6.07, 6.45) is 0.247. The minimum atomic E-state index is -1.16. The average molecular weight is 425 g/mol. The van der Waals surface area contributed by atoms with Crippen molar-refractivity contribution in [2.24, 2.45) is 0 Å². The first-order chi connectivity index (χ1) is 14.9. The quantitative estimate of drug-likeness (QED) is 0.653. The van der Waals surface area contributed by atoms with Gasteiger partial charge in [0.2, 0.25) is 12.7 Å². The monoisotopic (exact) mass is 425 g/mol. The average Bonchev–Trinajstić information content (AvgIpc) is 3.30. The third-order valence-electron chi connectivity index (χ3n) is 5.31. The first-order valence-electron chi connectivity index (χ1n) is 9.81. The van der Waals surface area contributed by atoms with Gasteiger partial charge in [0, 0.05) is 13.0 Å². The predicted molar refractivity (Wildman–Crippen MR) is 110 cm³/mol. The van der Waals surface area contributed by atoms with E-state index in [9.17, 15) is 14.4 Å². The second kappa shape index (κ2) is 8.17. The van der Waals surface area contributed by atoms with Crippen LogP contribution in [-0.2, 0) is 22.6 Å². The summed E-state index contributed by atoms with van der Waals surface area (Å²) in [6, 6.07) is 12.1. The minimum Gasteiger partial charge on any atom is -0.496 e. The van der Waals surface area contributed by atoms with Crippen LogP contribution in [0.5, 0.6) is 17.2 Å². The van der Waals surface area contributed by atoms with E-state index in [1.165, 1.54) is 0 Å². The predicted octanol–water partition coefficient (Wildman–Crippen LogP) is 1.59. The Hall–Kier alpha value is -3.75. The molecule has 31 heavy (non-hydrogen) atoms. The van der Waals surface area contributed by atoms with Crippen LogP contribution in [0.1, 0.15) is 18.1 Å². The van der Waals surface area contributed by atoms with E-state index in [0.717, 1.165) is 16.0 Å². The van der Waals surface area contributed by atoms with E-state index in [2.05, 4.69) is 10.6 Å². The van der Waals surface area contributed by atoms with Gasteiger partial charge >= 0.3 is 6.03 Å². The molecule has 9 nitrogen and oxygen atoms in total. The van der Waals surface area contributed by atoms with Gasteiger partial charge in [0.1, 0.15) is 17.8 Å². The van der Waals surface area contributed by atoms with E-state index in [1.807, 2.05) is 24.3 Å². The highest BCUT2D eigenvalue weighted by atomic mass is 16.7. The van der Waals surface area contributed by atoms with Gasteiger partial charge in [-0.15, -0.1) is 0 Å². The van der Waals surface area contributed by atoms with Crippen molar-refractivity contribution in [3.8, 4) is 17.2 Å². The Morgan fingerprint density at radius 3 is 2.77 bits per heavy atom. The molecule has 0 bridgehead atoms. The van der Waals surface area contributed by atoms with Gasteiger partial charge in [-0.05, 0) is 36.2 Å². The van der Waals surface area contributed by atoms with Gasteiger partial charge in [0.25, 0.3) is 5.91 Å². The molecular formula is C22H23N3O6. The Morgan fingerprint density at radius 2 is 1.97 bits per heavy atom. The summed E-state index contributed by atoms with van der Waals surface area (Å²) in [5, 5.41) is 5.43. The number of imide groups is 1. The fourth-order valence-electron chi connectivity index (χ4n) is 3.69. The van der Waals surface area contributed by atoms with Crippen molar-refractivity contribution in [1.29, 1.82) is 0 Å². The number of fused-ring (bicyclic) bond motifs is 1. The van der Waals surface area contributed by atoms with Crippen LogP contribution < -0.4 is 24.8 Å². The molecule has 2 N–H and O–H groups in total. The van der Waals surface area contributed by atoms with Crippen LogP contribution in [0.25, 0.3) is 0 Å². The maximum absolute atomic E-state index is 13.0. The fourth-order valence-corrected chi connectivity index (χ4v) is 3.69. The molecule has 0 unspecified atom stereocenters. The number of hydrogen-bond acceptors (Lipinski definition) is 6. The second-order valence-electron chi connectivity index (χ2n) is 7.61. The number of nitrogens with zero attached hydrogens (tertiary/aromatic N) is 1. The summed E-state index contributed by atoms with van der Waals surface area (Å²) in [6.45, 7) is 1.68. The van der Waals surface area contributed by atoms with Crippen molar-refractivity contribution in [2.75, 3.05) is 20.4 Å². The topological polar surface area (TPSA) is 106 Å². The van der Waals surface area contributed by atoms with Crippen molar-refractivity contribution in [1.82, 2.24) is 15.5 Å². The van der Waals surface area contributed by atoms with Crippen LogP contribution in [0.3, 0.4) is 0 Å². The zero-order chi connectivity index (χ0) is 22.0. The first-order valence-corrected chi connectivity index (χ1v) is 9.81. The van der Waals surface area contributed by atoms with Crippen molar-refractivity contribution >= 4 is 17.8 Å². The number of benzene rings is 2. The van der Waals surface area contributed by atoms with Gasteiger partial charge in [-0.3, -0.25) is 14.5 Å². The number of ether oxygens (including phenoxy) is 3. The number of carbonyl (C=O) groups is 3. The fraction of sp³-hybridized carbons (Fsp3) is 0.318. The van der Waals surface area contributed by atoms with Gasteiger partial charge in [-0.2, -0.15) is 0 Å². The number of methoxy groups -OCH3 is 1. The highest BCUT2D eigenvalue weighted by Crippen LogP contribution is 2.32. The number of amides is 4. The van der Waals surface area contributed by atoms with E-state index >= 15 is 0 Å². The van der Waals surface area contributed by atoms with E-state index in [4.69, 9.17) is 14.2 Å². The highest BCUT2D eigenvalue weighted by molar-refractivity contribution is 6.09. The number of urea groups is 1. The van der Waals surface area contributed by atoms with Crippen molar-refractivity contribution < 1.29 is 28.6 Å². The van der Waals surface area contributed by atoms with Crippen LogP contribution in [-0.4, -0.2) is 48.7 Å². The number of para-hydroxylation sites is 1. The van der Waals surface area contributed by atoms with Crippen molar-refractivity contribution in [3.63, 3.8) is 0 Å². The van der Waals surface area contributed by atoms with Crippen LogP contribution in [0.4, 0.5) is 4.79 Å². The first kappa shape index (κ1) is 20.5. The van der Waals surface area contributed by atoms with E-state index in [-0.39, 0.29) is 26.3 Å². The molecule has 2 aromatic carbocycles. The van der Waals surface area contributed by atoms with Gasteiger partial charge in [-0.25, -0.2) is 4.79 Å². The molecule has 0 spiro atoms. The molecule has 1 fully saturated rings. The maximum Gasteiger partial charge on any atom is 0.325 e. The molecule has 2 heterocycles. The maximum atomic E-state index is 13.0. The minimum absolute atomic E-state index is 0.172. The third-order valence-corrected chi connectivity index (χ3v) is 5.31. The van der Waals surface area contributed by atoms with Gasteiger partial charge in [0.05, 0.1) is 7.11 Å². The summed E-state index contributed by atoms with van der Waals surface area (Å²) in [7, 11) is 1.55. The van der Waals surface area contributed by atoms with E-state index in [0.29, 0.717) is 17.2 Å². The van der Waals surface area contributed by atoms with Gasteiger partial charge in [0.15, 0.2) is 11.5 Å². The highest BCUT2D eigenvalue weighted by Gasteiger charge is 2.48. The molecule has 0 aromatic heterocycles. The summed E-state index contributed by atoms with van der Waals surface area (Å²) in [5.41, 5.74) is 0.439. The molecule has 2 aliphatic heterocycles. The lowest BCUT2D eigenvalue weighted by atomic mass is 9.92. The molecule has 1 atom stereocenters. The standard InChI is InChI=1S/C22H23N3O6/c1-22(10-15-5-3-4-6-16(15)29-2)20(27)25(21(28)24-22)12-19(26)23-11-14-7-8-17-18(9-14)31-13-30-17/h3-9H,10-13H2,1-2H3,(H,23,26)(H,24,28)/t22-/m0/s1. The lowest BCUT2D eigenvalue weighted by molar-refractivity contribution is -0.134. The largest absolute Gasteiger partial charge is 0.496 e. The molecule has 4 amide bonds. The smallest absolute Gasteiger partial charge is 0.325 e. The van der Waals surface area contributed by atoms with Crippen LogP contribution in [0, 0.1) is 0 Å². The number of rotatable bonds is 7. The Labute approximate surface area is 179 Å².